The lowest BCUT2D eigenvalue weighted by molar-refractivity contribution is -0.109. The second-order valence-corrected chi connectivity index (χ2v) is 4.34. The highest BCUT2D eigenvalue weighted by atomic mass is 16.2. The van der Waals surface area contributed by atoms with Crippen LogP contribution in [0.2, 0.25) is 0 Å². The fraction of sp³-hybridized carbons (Fsp3) is 0.429. The molecule has 1 rings (SSSR count). The van der Waals surface area contributed by atoms with Gasteiger partial charge in [0.2, 0.25) is 6.41 Å². The standard InChI is InChI=1S/C14H21N3O2/c1-12-3-5-13(6-4-12)7-10-17-14(19)16-9-2-8-15-11-18/h3-6,11H,2,7-10H2,1H3,(H,15,18)(H2,16,17,19). The molecule has 5 nitrogen and oxygen atoms in total. The molecule has 0 radical (unpaired) electrons. The minimum atomic E-state index is -0.168. The third kappa shape index (κ3) is 7.08. The first-order valence-electron chi connectivity index (χ1n) is 6.46. The third-order valence-corrected chi connectivity index (χ3v) is 2.69. The van der Waals surface area contributed by atoms with Crippen LogP contribution in [0.25, 0.3) is 0 Å². The van der Waals surface area contributed by atoms with Crippen molar-refractivity contribution in [2.24, 2.45) is 0 Å². The van der Waals surface area contributed by atoms with E-state index in [0.717, 1.165) is 12.8 Å². The Bertz CT molecular complexity index is 390. The zero-order chi connectivity index (χ0) is 13.9. The lowest BCUT2D eigenvalue weighted by Gasteiger charge is -2.07. The van der Waals surface area contributed by atoms with Crippen molar-refractivity contribution < 1.29 is 9.59 Å². The molecule has 0 aromatic heterocycles. The predicted octanol–water partition coefficient (Wildman–Crippen LogP) is 0.973. The van der Waals surface area contributed by atoms with Gasteiger partial charge in [-0.1, -0.05) is 29.8 Å². The number of aryl methyl sites for hydroxylation is 1. The Labute approximate surface area is 113 Å². The van der Waals surface area contributed by atoms with E-state index in [1.54, 1.807) is 0 Å². The molecular formula is C14H21N3O2. The van der Waals surface area contributed by atoms with Crippen LogP contribution >= 0.6 is 0 Å². The summed E-state index contributed by atoms with van der Waals surface area (Å²) >= 11 is 0. The Morgan fingerprint density at radius 1 is 1.11 bits per heavy atom. The molecule has 0 unspecified atom stereocenters. The van der Waals surface area contributed by atoms with Gasteiger partial charge >= 0.3 is 6.03 Å². The van der Waals surface area contributed by atoms with E-state index in [9.17, 15) is 9.59 Å². The molecule has 0 saturated carbocycles. The molecule has 0 aliphatic rings. The van der Waals surface area contributed by atoms with Crippen molar-refractivity contribution in [2.45, 2.75) is 19.8 Å². The maximum atomic E-state index is 11.4. The summed E-state index contributed by atoms with van der Waals surface area (Å²) in [6.45, 7) is 3.79. The van der Waals surface area contributed by atoms with Gasteiger partial charge < -0.3 is 16.0 Å². The second-order valence-electron chi connectivity index (χ2n) is 4.34. The van der Waals surface area contributed by atoms with Crippen molar-refractivity contribution >= 4 is 12.4 Å². The van der Waals surface area contributed by atoms with Crippen LogP contribution in [-0.2, 0) is 11.2 Å². The lowest BCUT2D eigenvalue weighted by atomic mass is 10.1. The topological polar surface area (TPSA) is 70.2 Å². The molecule has 0 saturated heterocycles. The van der Waals surface area contributed by atoms with Crippen LogP contribution in [-0.4, -0.2) is 32.1 Å². The van der Waals surface area contributed by atoms with Crippen molar-refractivity contribution in [1.82, 2.24) is 16.0 Å². The predicted molar refractivity (Wildman–Crippen MR) is 75.0 cm³/mol. The molecule has 0 aliphatic heterocycles. The van der Waals surface area contributed by atoms with Gasteiger partial charge in [0.15, 0.2) is 0 Å². The molecule has 1 aromatic carbocycles. The van der Waals surface area contributed by atoms with Crippen LogP contribution in [0, 0.1) is 6.92 Å². The van der Waals surface area contributed by atoms with E-state index in [2.05, 4.69) is 47.1 Å². The molecule has 1 aromatic rings. The summed E-state index contributed by atoms with van der Waals surface area (Å²) in [6, 6.07) is 8.10. The van der Waals surface area contributed by atoms with Crippen molar-refractivity contribution in [2.75, 3.05) is 19.6 Å². The fourth-order valence-electron chi connectivity index (χ4n) is 1.59. The number of hydrogen-bond donors (Lipinski definition) is 3. The van der Waals surface area contributed by atoms with Crippen LogP contribution < -0.4 is 16.0 Å². The van der Waals surface area contributed by atoms with Crippen LogP contribution in [0.1, 0.15) is 17.5 Å². The fourth-order valence-corrected chi connectivity index (χ4v) is 1.59. The first-order chi connectivity index (χ1) is 9.22. The zero-order valence-electron chi connectivity index (χ0n) is 11.2. The Morgan fingerprint density at radius 3 is 2.47 bits per heavy atom. The van der Waals surface area contributed by atoms with Gasteiger partial charge in [0, 0.05) is 19.6 Å². The molecule has 104 valence electrons. The van der Waals surface area contributed by atoms with E-state index < -0.39 is 0 Å². The second kappa shape index (κ2) is 8.97. The minimum absolute atomic E-state index is 0.168. The number of carbonyl (C=O) groups is 2. The van der Waals surface area contributed by atoms with Crippen LogP contribution in [0.15, 0.2) is 24.3 Å². The number of urea groups is 1. The average Bonchev–Trinajstić information content (AvgIpc) is 2.41. The average molecular weight is 263 g/mol. The third-order valence-electron chi connectivity index (χ3n) is 2.69. The highest BCUT2D eigenvalue weighted by Gasteiger charge is 1.99. The maximum absolute atomic E-state index is 11.4. The molecule has 0 atom stereocenters. The van der Waals surface area contributed by atoms with E-state index in [1.165, 1.54) is 11.1 Å². The van der Waals surface area contributed by atoms with E-state index >= 15 is 0 Å². The van der Waals surface area contributed by atoms with Crippen LogP contribution in [0.3, 0.4) is 0 Å². The number of hydrogen-bond acceptors (Lipinski definition) is 2. The molecule has 19 heavy (non-hydrogen) atoms. The Hall–Kier alpha value is -2.04. The molecule has 3 N–H and O–H groups in total. The van der Waals surface area contributed by atoms with E-state index in [1.807, 2.05) is 0 Å². The minimum Gasteiger partial charge on any atom is -0.359 e. The maximum Gasteiger partial charge on any atom is 0.314 e. The first kappa shape index (κ1) is 15.0. The van der Waals surface area contributed by atoms with Gasteiger partial charge in [-0.25, -0.2) is 4.79 Å². The van der Waals surface area contributed by atoms with Crippen molar-refractivity contribution in [1.29, 1.82) is 0 Å². The highest BCUT2D eigenvalue weighted by molar-refractivity contribution is 5.73. The summed E-state index contributed by atoms with van der Waals surface area (Å²) in [7, 11) is 0. The lowest BCUT2D eigenvalue weighted by Crippen LogP contribution is -2.37. The van der Waals surface area contributed by atoms with E-state index in [4.69, 9.17) is 0 Å². The summed E-state index contributed by atoms with van der Waals surface area (Å²) in [5.74, 6) is 0. The van der Waals surface area contributed by atoms with Gasteiger partial charge in [0.1, 0.15) is 0 Å². The Kier molecular flexibility index (Phi) is 7.09. The van der Waals surface area contributed by atoms with E-state index in [0.29, 0.717) is 26.0 Å². The van der Waals surface area contributed by atoms with E-state index in [-0.39, 0.29) is 6.03 Å². The summed E-state index contributed by atoms with van der Waals surface area (Å²) in [5.41, 5.74) is 2.44. The van der Waals surface area contributed by atoms with Crippen molar-refractivity contribution in [3.05, 3.63) is 35.4 Å². The zero-order valence-corrected chi connectivity index (χ0v) is 11.2. The molecule has 0 bridgehead atoms. The van der Waals surface area contributed by atoms with Gasteiger partial charge in [-0.2, -0.15) is 0 Å². The normalized spacial score (nSPS) is 9.74. The molecule has 5 heteroatoms. The van der Waals surface area contributed by atoms with Crippen molar-refractivity contribution in [3.8, 4) is 0 Å². The quantitative estimate of drug-likeness (QED) is 0.483. The van der Waals surface area contributed by atoms with Gasteiger partial charge in [0.05, 0.1) is 0 Å². The molecule has 3 amide bonds. The molecule has 0 heterocycles. The van der Waals surface area contributed by atoms with Gasteiger partial charge in [-0.05, 0) is 25.3 Å². The molecule has 0 fully saturated rings. The molecule has 0 aliphatic carbocycles. The summed E-state index contributed by atoms with van der Waals surface area (Å²) in [4.78, 5) is 21.4. The molecular weight excluding hydrogens is 242 g/mol. The Morgan fingerprint density at radius 2 is 1.79 bits per heavy atom. The monoisotopic (exact) mass is 263 g/mol. The summed E-state index contributed by atoms with van der Waals surface area (Å²) in [5, 5.41) is 8.07. The molecule has 0 spiro atoms. The smallest absolute Gasteiger partial charge is 0.314 e. The Balaban J connectivity index is 2.06. The number of nitrogens with one attached hydrogen (secondary N) is 3. The van der Waals surface area contributed by atoms with Gasteiger partial charge in [-0.3, -0.25) is 4.79 Å². The van der Waals surface area contributed by atoms with Crippen molar-refractivity contribution in [3.63, 3.8) is 0 Å². The number of benzene rings is 1. The van der Waals surface area contributed by atoms with Crippen LogP contribution in [0.4, 0.5) is 4.79 Å². The number of amides is 3. The van der Waals surface area contributed by atoms with Crippen LogP contribution in [0.5, 0.6) is 0 Å². The number of carbonyl (C=O) groups excluding carboxylic acids is 2. The highest BCUT2D eigenvalue weighted by Crippen LogP contribution is 2.02. The van der Waals surface area contributed by atoms with Gasteiger partial charge in [-0.15, -0.1) is 0 Å². The summed E-state index contributed by atoms with van der Waals surface area (Å²) < 4.78 is 0. The van der Waals surface area contributed by atoms with Gasteiger partial charge in [0.25, 0.3) is 0 Å². The SMILES string of the molecule is Cc1ccc(CCNC(=O)NCCCNC=O)cc1. The number of rotatable bonds is 8. The first-order valence-corrected chi connectivity index (χ1v) is 6.46. The summed E-state index contributed by atoms with van der Waals surface area (Å²) in [6.07, 6.45) is 2.20. The largest absolute Gasteiger partial charge is 0.359 e.